The molecule has 0 radical (unpaired) electrons. The summed E-state index contributed by atoms with van der Waals surface area (Å²) in [5, 5.41) is 21.6. The quantitative estimate of drug-likeness (QED) is 0.635. The van der Waals surface area contributed by atoms with Gasteiger partial charge >= 0.3 is 0 Å². The van der Waals surface area contributed by atoms with Crippen LogP contribution in [0.3, 0.4) is 0 Å². The maximum absolute atomic E-state index is 9.25. The van der Waals surface area contributed by atoms with Gasteiger partial charge in [-0.1, -0.05) is 6.92 Å². The first-order valence-electron chi connectivity index (χ1n) is 5.41. The first-order chi connectivity index (χ1) is 7.65. The van der Waals surface area contributed by atoms with Gasteiger partial charge in [0.1, 0.15) is 5.82 Å². The van der Waals surface area contributed by atoms with Crippen LogP contribution in [0.25, 0.3) is 0 Å². The van der Waals surface area contributed by atoms with E-state index >= 15 is 0 Å². The Bertz CT molecular complexity index is 318. The zero-order valence-corrected chi connectivity index (χ0v) is 9.77. The van der Waals surface area contributed by atoms with E-state index in [0.717, 1.165) is 11.5 Å². The van der Waals surface area contributed by atoms with Crippen LogP contribution in [0.2, 0.25) is 0 Å². The van der Waals surface area contributed by atoms with Crippen molar-refractivity contribution < 1.29 is 10.2 Å². The lowest BCUT2D eigenvalue weighted by atomic mass is 9.98. The first kappa shape index (κ1) is 13.0. The maximum Gasteiger partial charge on any atom is 0.125 e. The third kappa shape index (κ3) is 3.23. The number of aliphatic hydroxyl groups is 2. The Morgan fingerprint density at radius 2 is 2.06 bits per heavy atom. The van der Waals surface area contributed by atoms with Crippen LogP contribution >= 0.6 is 0 Å². The standard InChI is InChI=1S/C11H19N3O2/c1-3-11(7-15,8-16)13-6-10-4-5-12-9(2)14-10/h4-5,13,15-16H,3,6-8H2,1-2H3. The average molecular weight is 225 g/mol. The lowest BCUT2D eigenvalue weighted by Crippen LogP contribution is -2.50. The van der Waals surface area contributed by atoms with Gasteiger partial charge in [-0.3, -0.25) is 0 Å². The van der Waals surface area contributed by atoms with Crippen LogP contribution in [0.15, 0.2) is 12.3 Å². The van der Waals surface area contributed by atoms with Crippen molar-refractivity contribution in [2.24, 2.45) is 0 Å². The van der Waals surface area contributed by atoms with Crippen LogP contribution in [-0.4, -0.2) is 38.9 Å². The molecule has 16 heavy (non-hydrogen) atoms. The third-order valence-electron chi connectivity index (χ3n) is 2.76. The molecule has 3 N–H and O–H groups in total. The van der Waals surface area contributed by atoms with E-state index in [0.29, 0.717) is 13.0 Å². The highest BCUT2D eigenvalue weighted by Crippen LogP contribution is 2.09. The van der Waals surface area contributed by atoms with Gasteiger partial charge in [-0.2, -0.15) is 0 Å². The fourth-order valence-corrected chi connectivity index (χ4v) is 1.39. The lowest BCUT2D eigenvalue weighted by Gasteiger charge is -2.29. The topological polar surface area (TPSA) is 78.3 Å². The predicted octanol–water partition coefficient (Wildman–Crippen LogP) is 0.00802. The van der Waals surface area contributed by atoms with Crippen molar-refractivity contribution in [2.45, 2.75) is 32.4 Å². The van der Waals surface area contributed by atoms with Crippen molar-refractivity contribution in [3.63, 3.8) is 0 Å². The van der Waals surface area contributed by atoms with Gasteiger partial charge in [0.15, 0.2) is 0 Å². The van der Waals surface area contributed by atoms with Gasteiger partial charge in [0, 0.05) is 12.7 Å². The fourth-order valence-electron chi connectivity index (χ4n) is 1.39. The highest BCUT2D eigenvalue weighted by molar-refractivity contribution is 5.02. The SMILES string of the molecule is CCC(CO)(CO)NCc1ccnc(C)n1. The molecular formula is C11H19N3O2. The van der Waals surface area contributed by atoms with Gasteiger partial charge in [0.2, 0.25) is 0 Å². The van der Waals surface area contributed by atoms with Gasteiger partial charge in [-0.15, -0.1) is 0 Å². The summed E-state index contributed by atoms with van der Waals surface area (Å²) in [6, 6.07) is 1.81. The molecule has 0 aliphatic carbocycles. The smallest absolute Gasteiger partial charge is 0.125 e. The minimum absolute atomic E-state index is 0.0932. The van der Waals surface area contributed by atoms with Gasteiger partial charge in [-0.25, -0.2) is 9.97 Å². The van der Waals surface area contributed by atoms with E-state index in [1.165, 1.54) is 0 Å². The van der Waals surface area contributed by atoms with Crippen molar-refractivity contribution in [3.8, 4) is 0 Å². The zero-order chi connectivity index (χ0) is 12.0. The second kappa shape index (κ2) is 5.89. The zero-order valence-electron chi connectivity index (χ0n) is 9.77. The Morgan fingerprint density at radius 3 is 2.56 bits per heavy atom. The minimum Gasteiger partial charge on any atom is -0.394 e. The molecule has 0 aliphatic rings. The van der Waals surface area contributed by atoms with Gasteiger partial charge in [-0.05, 0) is 19.4 Å². The molecule has 1 aromatic heterocycles. The molecule has 0 amide bonds. The van der Waals surface area contributed by atoms with Crippen LogP contribution in [-0.2, 0) is 6.54 Å². The number of aryl methyl sites for hydroxylation is 1. The summed E-state index contributed by atoms with van der Waals surface area (Å²) in [7, 11) is 0. The van der Waals surface area contributed by atoms with E-state index in [2.05, 4.69) is 15.3 Å². The van der Waals surface area contributed by atoms with Crippen molar-refractivity contribution in [2.75, 3.05) is 13.2 Å². The molecule has 0 saturated heterocycles. The van der Waals surface area contributed by atoms with Crippen LogP contribution in [0, 0.1) is 6.92 Å². The first-order valence-corrected chi connectivity index (χ1v) is 5.41. The number of nitrogens with one attached hydrogen (secondary N) is 1. The van der Waals surface area contributed by atoms with Crippen molar-refractivity contribution >= 4 is 0 Å². The minimum atomic E-state index is -0.626. The highest BCUT2D eigenvalue weighted by Gasteiger charge is 2.25. The number of aliphatic hydroxyl groups excluding tert-OH is 2. The monoisotopic (exact) mass is 225 g/mol. The van der Waals surface area contributed by atoms with Crippen molar-refractivity contribution in [3.05, 3.63) is 23.8 Å². The van der Waals surface area contributed by atoms with Crippen LogP contribution < -0.4 is 5.32 Å². The molecule has 5 nitrogen and oxygen atoms in total. The van der Waals surface area contributed by atoms with Gasteiger partial charge < -0.3 is 15.5 Å². The molecule has 0 aromatic carbocycles. The molecule has 0 aliphatic heterocycles. The van der Waals surface area contributed by atoms with Crippen LogP contribution in [0.5, 0.6) is 0 Å². The summed E-state index contributed by atoms with van der Waals surface area (Å²) in [6.45, 7) is 4.08. The Kier molecular flexibility index (Phi) is 4.79. The molecule has 5 heteroatoms. The Hall–Kier alpha value is -1.04. The molecular weight excluding hydrogens is 206 g/mol. The fraction of sp³-hybridized carbons (Fsp3) is 0.636. The molecule has 0 unspecified atom stereocenters. The van der Waals surface area contributed by atoms with E-state index in [4.69, 9.17) is 0 Å². The Labute approximate surface area is 95.6 Å². The number of nitrogens with zero attached hydrogens (tertiary/aromatic N) is 2. The van der Waals surface area contributed by atoms with E-state index in [9.17, 15) is 10.2 Å². The number of aromatic nitrogens is 2. The normalized spacial score (nSPS) is 11.8. The summed E-state index contributed by atoms with van der Waals surface area (Å²) in [5.41, 5.74) is 0.228. The molecule has 1 rings (SSSR count). The molecule has 90 valence electrons. The second-order valence-corrected chi connectivity index (χ2v) is 3.90. The molecule has 0 bridgehead atoms. The second-order valence-electron chi connectivity index (χ2n) is 3.90. The maximum atomic E-state index is 9.25. The van der Waals surface area contributed by atoms with E-state index in [1.807, 2.05) is 19.9 Å². The largest absolute Gasteiger partial charge is 0.394 e. The van der Waals surface area contributed by atoms with Crippen LogP contribution in [0.4, 0.5) is 0 Å². The molecule has 0 fully saturated rings. The number of hydrogen-bond donors (Lipinski definition) is 3. The summed E-state index contributed by atoms with van der Waals surface area (Å²) in [5.74, 6) is 0.717. The summed E-state index contributed by atoms with van der Waals surface area (Å²) in [4.78, 5) is 8.25. The highest BCUT2D eigenvalue weighted by atomic mass is 16.3. The van der Waals surface area contributed by atoms with E-state index in [1.54, 1.807) is 6.20 Å². The van der Waals surface area contributed by atoms with Crippen molar-refractivity contribution in [1.82, 2.24) is 15.3 Å². The average Bonchev–Trinajstić information content (AvgIpc) is 2.32. The molecule has 0 saturated carbocycles. The summed E-state index contributed by atoms with van der Waals surface area (Å²) in [6.07, 6.45) is 2.36. The van der Waals surface area contributed by atoms with Crippen LogP contribution in [0.1, 0.15) is 24.9 Å². The molecule has 0 spiro atoms. The van der Waals surface area contributed by atoms with Gasteiger partial charge in [0.25, 0.3) is 0 Å². The number of hydrogen-bond acceptors (Lipinski definition) is 5. The van der Waals surface area contributed by atoms with Gasteiger partial charge in [0.05, 0.1) is 24.4 Å². The van der Waals surface area contributed by atoms with E-state index < -0.39 is 5.54 Å². The predicted molar refractivity (Wildman–Crippen MR) is 60.8 cm³/mol. The Morgan fingerprint density at radius 1 is 1.38 bits per heavy atom. The third-order valence-corrected chi connectivity index (χ3v) is 2.76. The van der Waals surface area contributed by atoms with E-state index in [-0.39, 0.29) is 13.2 Å². The summed E-state index contributed by atoms with van der Waals surface area (Å²) < 4.78 is 0. The Balaban J connectivity index is 2.62. The van der Waals surface area contributed by atoms with Crippen molar-refractivity contribution in [1.29, 1.82) is 0 Å². The summed E-state index contributed by atoms with van der Waals surface area (Å²) >= 11 is 0. The molecule has 1 heterocycles. The number of rotatable bonds is 6. The molecule has 0 atom stereocenters. The molecule has 1 aromatic rings. The lowest BCUT2D eigenvalue weighted by molar-refractivity contribution is 0.0861.